The van der Waals surface area contributed by atoms with Gasteiger partial charge in [0.15, 0.2) is 0 Å². The molecule has 0 aliphatic heterocycles. The number of rotatable bonds is 4. The van der Waals surface area contributed by atoms with Crippen LogP contribution in [0.3, 0.4) is 0 Å². The molecule has 92 valence electrons. The summed E-state index contributed by atoms with van der Waals surface area (Å²) in [6.07, 6.45) is 0. The molecule has 0 atom stereocenters. The minimum absolute atomic E-state index is 0.384. The van der Waals surface area contributed by atoms with Gasteiger partial charge in [-0.25, -0.2) is 0 Å². The number of thiocarbonyl (C=S) groups is 1. The Hall–Kier alpha value is -1.58. The SMILES string of the molecule is NC(=S)c1cccc(COc2ccccc2Cl)c1. The third kappa shape index (κ3) is 3.22. The monoisotopic (exact) mass is 277 g/mol. The molecule has 0 saturated carbocycles. The Labute approximate surface area is 116 Å². The van der Waals surface area contributed by atoms with Gasteiger partial charge in [-0.1, -0.05) is 54.2 Å². The second kappa shape index (κ2) is 5.85. The number of nitrogens with two attached hydrogens (primary N) is 1. The molecular weight excluding hydrogens is 266 g/mol. The average molecular weight is 278 g/mol. The van der Waals surface area contributed by atoms with Crippen molar-refractivity contribution >= 4 is 28.8 Å². The normalized spacial score (nSPS) is 10.1. The summed E-state index contributed by atoms with van der Waals surface area (Å²) >= 11 is 10.9. The lowest BCUT2D eigenvalue weighted by Gasteiger charge is -2.08. The Morgan fingerprint density at radius 1 is 1.17 bits per heavy atom. The van der Waals surface area contributed by atoms with Gasteiger partial charge in [0.1, 0.15) is 17.3 Å². The molecule has 0 saturated heterocycles. The van der Waals surface area contributed by atoms with Gasteiger partial charge in [0.05, 0.1) is 5.02 Å². The van der Waals surface area contributed by atoms with E-state index >= 15 is 0 Å². The highest BCUT2D eigenvalue weighted by Crippen LogP contribution is 2.24. The third-order valence-corrected chi connectivity index (χ3v) is 2.99. The van der Waals surface area contributed by atoms with Crippen molar-refractivity contribution in [3.05, 3.63) is 64.7 Å². The molecule has 0 radical (unpaired) electrons. The summed E-state index contributed by atoms with van der Waals surface area (Å²) in [7, 11) is 0. The molecule has 2 N–H and O–H groups in total. The van der Waals surface area contributed by atoms with Gasteiger partial charge in [0, 0.05) is 5.56 Å². The number of para-hydroxylation sites is 1. The Balaban J connectivity index is 2.09. The first-order valence-electron chi connectivity index (χ1n) is 5.43. The zero-order valence-electron chi connectivity index (χ0n) is 9.60. The van der Waals surface area contributed by atoms with Crippen molar-refractivity contribution in [3.63, 3.8) is 0 Å². The highest BCUT2D eigenvalue weighted by atomic mass is 35.5. The van der Waals surface area contributed by atoms with E-state index in [1.165, 1.54) is 0 Å². The predicted octanol–water partition coefficient (Wildman–Crippen LogP) is 3.55. The zero-order valence-corrected chi connectivity index (χ0v) is 11.2. The Morgan fingerprint density at radius 2 is 1.94 bits per heavy atom. The first-order chi connectivity index (χ1) is 8.66. The van der Waals surface area contributed by atoms with Gasteiger partial charge in [-0.3, -0.25) is 0 Å². The lowest BCUT2D eigenvalue weighted by molar-refractivity contribution is 0.306. The van der Waals surface area contributed by atoms with Crippen molar-refractivity contribution in [2.75, 3.05) is 0 Å². The number of halogens is 1. The molecule has 2 aromatic carbocycles. The van der Waals surface area contributed by atoms with Gasteiger partial charge in [-0.15, -0.1) is 0 Å². The van der Waals surface area contributed by atoms with Crippen LogP contribution < -0.4 is 10.5 Å². The maximum atomic E-state index is 6.01. The zero-order chi connectivity index (χ0) is 13.0. The molecule has 0 unspecified atom stereocenters. The van der Waals surface area contributed by atoms with E-state index in [-0.39, 0.29) is 0 Å². The van der Waals surface area contributed by atoms with E-state index in [0.717, 1.165) is 11.1 Å². The van der Waals surface area contributed by atoms with Crippen molar-refractivity contribution < 1.29 is 4.74 Å². The Bertz CT molecular complexity index is 571. The van der Waals surface area contributed by atoms with Crippen LogP contribution in [0.5, 0.6) is 5.75 Å². The van der Waals surface area contributed by atoms with Crippen LogP contribution in [0.2, 0.25) is 5.02 Å². The number of hydrogen-bond acceptors (Lipinski definition) is 2. The van der Waals surface area contributed by atoms with E-state index in [0.29, 0.717) is 22.4 Å². The molecule has 0 aliphatic carbocycles. The summed E-state index contributed by atoms with van der Waals surface area (Å²) in [5, 5.41) is 0.600. The number of benzene rings is 2. The van der Waals surface area contributed by atoms with Crippen LogP contribution in [-0.2, 0) is 6.61 Å². The van der Waals surface area contributed by atoms with E-state index in [1.807, 2.05) is 42.5 Å². The molecule has 0 spiro atoms. The second-order valence-electron chi connectivity index (χ2n) is 3.78. The first kappa shape index (κ1) is 12.9. The van der Waals surface area contributed by atoms with Crippen LogP contribution in [0.25, 0.3) is 0 Å². The molecular formula is C14H12ClNOS. The fraction of sp³-hybridized carbons (Fsp3) is 0.0714. The summed E-state index contributed by atoms with van der Waals surface area (Å²) in [5.41, 5.74) is 7.42. The molecule has 2 nitrogen and oxygen atoms in total. The highest BCUT2D eigenvalue weighted by molar-refractivity contribution is 7.80. The molecule has 0 aliphatic rings. The standard InChI is InChI=1S/C14H12ClNOS/c15-12-6-1-2-7-13(12)17-9-10-4-3-5-11(8-10)14(16)18/h1-8H,9H2,(H2,16,18). The van der Waals surface area contributed by atoms with E-state index in [2.05, 4.69) is 0 Å². The van der Waals surface area contributed by atoms with Gasteiger partial charge in [0.25, 0.3) is 0 Å². The summed E-state index contributed by atoms with van der Waals surface area (Å²) < 4.78 is 5.64. The third-order valence-electron chi connectivity index (χ3n) is 2.44. The molecule has 0 fully saturated rings. The van der Waals surface area contributed by atoms with Crippen LogP contribution in [-0.4, -0.2) is 4.99 Å². The van der Waals surface area contributed by atoms with Crippen LogP contribution >= 0.6 is 23.8 Å². The lowest BCUT2D eigenvalue weighted by atomic mass is 10.1. The number of ether oxygens (including phenoxy) is 1. The molecule has 2 aromatic rings. The molecule has 0 amide bonds. The molecule has 2 rings (SSSR count). The largest absolute Gasteiger partial charge is 0.487 e. The van der Waals surface area contributed by atoms with Gasteiger partial charge in [0.2, 0.25) is 0 Å². The topological polar surface area (TPSA) is 35.2 Å². The highest BCUT2D eigenvalue weighted by Gasteiger charge is 2.02. The fourth-order valence-electron chi connectivity index (χ4n) is 1.54. The van der Waals surface area contributed by atoms with Crippen LogP contribution in [0.15, 0.2) is 48.5 Å². The van der Waals surface area contributed by atoms with Gasteiger partial charge in [-0.2, -0.15) is 0 Å². The summed E-state index contributed by atoms with van der Waals surface area (Å²) in [6, 6.07) is 15.0. The van der Waals surface area contributed by atoms with E-state index in [9.17, 15) is 0 Å². The average Bonchev–Trinajstić information content (AvgIpc) is 2.38. The molecule has 4 heteroatoms. The van der Waals surface area contributed by atoms with Crippen molar-refractivity contribution in [1.82, 2.24) is 0 Å². The summed E-state index contributed by atoms with van der Waals surface area (Å²) in [6.45, 7) is 0.431. The smallest absolute Gasteiger partial charge is 0.138 e. The predicted molar refractivity (Wildman–Crippen MR) is 78.1 cm³/mol. The van der Waals surface area contributed by atoms with Crippen molar-refractivity contribution in [1.29, 1.82) is 0 Å². The van der Waals surface area contributed by atoms with Crippen molar-refractivity contribution in [2.45, 2.75) is 6.61 Å². The van der Waals surface area contributed by atoms with Crippen LogP contribution in [0, 0.1) is 0 Å². The molecule has 0 aromatic heterocycles. The van der Waals surface area contributed by atoms with Crippen LogP contribution in [0.4, 0.5) is 0 Å². The Kier molecular flexibility index (Phi) is 4.18. The molecule has 0 bridgehead atoms. The van der Waals surface area contributed by atoms with E-state index < -0.39 is 0 Å². The van der Waals surface area contributed by atoms with E-state index in [4.69, 9.17) is 34.3 Å². The maximum absolute atomic E-state index is 6.01. The molecule has 18 heavy (non-hydrogen) atoms. The van der Waals surface area contributed by atoms with Crippen molar-refractivity contribution in [2.24, 2.45) is 5.73 Å². The summed E-state index contributed by atoms with van der Waals surface area (Å²) in [5.74, 6) is 0.667. The van der Waals surface area contributed by atoms with E-state index in [1.54, 1.807) is 6.07 Å². The van der Waals surface area contributed by atoms with Gasteiger partial charge < -0.3 is 10.5 Å². The Morgan fingerprint density at radius 3 is 2.67 bits per heavy atom. The van der Waals surface area contributed by atoms with Crippen molar-refractivity contribution in [3.8, 4) is 5.75 Å². The number of hydrogen-bond donors (Lipinski definition) is 1. The second-order valence-corrected chi connectivity index (χ2v) is 4.63. The maximum Gasteiger partial charge on any atom is 0.138 e. The minimum Gasteiger partial charge on any atom is -0.487 e. The summed E-state index contributed by atoms with van der Waals surface area (Å²) in [4.78, 5) is 0.384. The van der Waals surface area contributed by atoms with Gasteiger partial charge >= 0.3 is 0 Å². The minimum atomic E-state index is 0.384. The quantitative estimate of drug-likeness (QED) is 0.868. The fourth-order valence-corrected chi connectivity index (χ4v) is 1.85. The van der Waals surface area contributed by atoms with Gasteiger partial charge in [-0.05, 0) is 23.8 Å². The van der Waals surface area contributed by atoms with Crippen LogP contribution in [0.1, 0.15) is 11.1 Å². The lowest BCUT2D eigenvalue weighted by Crippen LogP contribution is -2.09. The first-order valence-corrected chi connectivity index (χ1v) is 6.21. The molecule has 0 heterocycles.